The quantitative estimate of drug-likeness (QED) is 0.845. The molecule has 3 aliphatic rings. The Hall–Kier alpha value is -1.30. The van der Waals surface area contributed by atoms with E-state index >= 15 is 0 Å². The van der Waals surface area contributed by atoms with Gasteiger partial charge in [0.1, 0.15) is 0 Å². The molecule has 0 aromatic rings. The van der Waals surface area contributed by atoms with Crippen LogP contribution in [0.2, 0.25) is 0 Å². The van der Waals surface area contributed by atoms with Crippen LogP contribution in [-0.2, 0) is 9.53 Å². The molecule has 1 atom stereocenters. The fourth-order valence-corrected chi connectivity index (χ4v) is 4.24. The number of carbonyl (C=O) groups excluding carboxylic acids is 2. The van der Waals surface area contributed by atoms with Gasteiger partial charge in [0.05, 0.1) is 6.61 Å². The van der Waals surface area contributed by atoms with Crippen LogP contribution in [0.1, 0.15) is 58.3 Å². The Balaban J connectivity index is 1.41. The average Bonchev–Trinajstić information content (AvgIpc) is 2.84. The van der Waals surface area contributed by atoms with Crippen molar-refractivity contribution in [1.82, 2.24) is 15.1 Å². The molecule has 0 spiro atoms. The molecule has 0 radical (unpaired) electrons. The van der Waals surface area contributed by atoms with Crippen molar-refractivity contribution in [1.29, 1.82) is 0 Å². The molecular weight excluding hydrogens is 318 g/mol. The lowest BCUT2D eigenvalue weighted by molar-refractivity contribution is -0.127. The molecular formula is C19H33N3O3. The summed E-state index contributed by atoms with van der Waals surface area (Å²) < 4.78 is 5.13. The van der Waals surface area contributed by atoms with Crippen LogP contribution >= 0.6 is 0 Å². The third kappa shape index (κ3) is 4.87. The lowest BCUT2D eigenvalue weighted by atomic mass is 9.90. The smallest absolute Gasteiger partial charge is 0.409 e. The predicted molar refractivity (Wildman–Crippen MR) is 96.3 cm³/mol. The highest BCUT2D eigenvalue weighted by Crippen LogP contribution is 2.25. The molecule has 2 aliphatic heterocycles. The number of carbonyl (C=O) groups is 2. The molecule has 1 aliphatic carbocycles. The van der Waals surface area contributed by atoms with Crippen LogP contribution in [-0.4, -0.2) is 66.7 Å². The van der Waals surface area contributed by atoms with Gasteiger partial charge in [-0.1, -0.05) is 0 Å². The topological polar surface area (TPSA) is 61.9 Å². The normalized spacial score (nSPS) is 26.6. The minimum absolute atomic E-state index is 0.172. The summed E-state index contributed by atoms with van der Waals surface area (Å²) in [6.45, 7) is 5.89. The molecule has 1 N–H and O–H groups in total. The zero-order valence-electron chi connectivity index (χ0n) is 15.5. The van der Waals surface area contributed by atoms with Crippen molar-refractivity contribution in [3.8, 4) is 0 Å². The molecule has 0 aromatic carbocycles. The maximum atomic E-state index is 12.3. The summed E-state index contributed by atoms with van der Waals surface area (Å²) in [4.78, 5) is 28.6. The number of rotatable bonds is 4. The average molecular weight is 351 g/mol. The molecule has 3 fully saturated rings. The van der Waals surface area contributed by atoms with E-state index in [1.807, 2.05) is 11.8 Å². The lowest BCUT2D eigenvalue weighted by Crippen LogP contribution is -2.48. The van der Waals surface area contributed by atoms with Crippen molar-refractivity contribution >= 4 is 12.0 Å². The van der Waals surface area contributed by atoms with Crippen LogP contribution in [0.4, 0.5) is 4.79 Å². The van der Waals surface area contributed by atoms with Crippen molar-refractivity contribution < 1.29 is 14.3 Å². The maximum absolute atomic E-state index is 12.3. The largest absolute Gasteiger partial charge is 0.450 e. The number of hydrogen-bond acceptors (Lipinski definition) is 4. The molecule has 25 heavy (non-hydrogen) atoms. The Kier molecular flexibility index (Phi) is 6.57. The van der Waals surface area contributed by atoms with Crippen molar-refractivity contribution in [2.45, 2.75) is 70.4 Å². The zero-order valence-corrected chi connectivity index (χ0v) is 15.5. The summed E-state index contributed by atoms with van der Waals surface area (Å²) in [6, 6.07) is 0.983. The second-order valence-corrected chi connectivity index (χ2v) is 7.72. The van der Waals surface area contributed by atoms with E-state index in [1.165, 1.54) is 6.42 Å². The maximum Gasteiger partial charge on any atom is 0.409 e. The van der Waals surface area contributed by atoms with Gasteiger partial charge in [-0.3, -0.25) is 4.79 Å². The summed E-state index contributed by atoms with van der Waals surface area (Å²) in [5.74, 6) is 0.470. The van der Waals surface area contributed by atoms with E-state index in [-0.39, 0.29) is 17.9 Å². The Labute approximate surface area is 151 Å². The molecule has 2 amide bonds. The zero-order chi connectivity index (χ0) is 17.6. The van der Waals surface area contributed by atoms with Crippen molar-refractivity contribution in [2.24, 2.45) is 5.92 Å². The van der Waals surface area contributed by atoms with Gasteiger partial charge in [-0.05, 0) is 71.4 Å². The van der Waals surface area contributed by atoms with Crippen molar-refractivity contribution in [3.63, 3.8) is 0 Å². The highest BCUT2D eigenvalue weighted by Gasteiger charge is 2.31. The van der Waals surface area contributed by atoms with E-state index in [9.17, 15) is 9.59 Å². The molecule has 3 rings (SSSR count). The van der Waals surface area contributed by atoms with Gasteiger partial charge in [-0.25, -0.2) is 4.79 Å². The molecule has 6 heteroatoms. The third-order valence-electron chi connectivity index (χ3n) is 6.09. The molecule has 142 valence electrons. The molecule has 2 saturated heterocycles. The fourth-order valence-electron chi connectivity index (χ4n) is 4.24. The first-order chi connectivity index (χ1) is 12.2. The van der Waals surface area contributed by atoms with E-state index in [2.05, 4.69) is 10.2 Å². The highest BCUT2D eigenvalue weighted by molar-refractivity contribution is 5.79. The first-order valence-corrected chi connectivity index (χ1v) is 10.1. The van der Waals surface area contributed by atoms with Gasteiger partial charge in [0.15, 0.2) is 0 Å². The summed E-state index contributed by atoms with van der Waals surface area (Å²) in [6.07, 6.45) is 8.52. The summed E-state index contributed by atoms with van der Waals surface area (Å²) in [7, 11) is 0. The lowest BCUT2D eigenvalue weighted by Gasteiger charge is -2.37. The van der Waals surface area contributed by atoms with Gasteiger partial charge >= 0.3 is 6.09 Å². The van der Waals surface area contributed by atoms with E-state index in [1.54, 1.807) is 0 Å². The number of piperidine rings is 1. The van der Waals surface area contributed by atoms with Gasteiger partial charge in [0.25, 0.3) is 0 Å². The molecule has 0 bridgehead atoms. The second-order valence-electron chi connectivity index (χ2n) is 7.72. The van der Waals surface area contributed by atoms with Crippen LogP contribution in [0.15, 0.2) is 0 Å². The van der Waals surface area contributed by atoms with Gasteiger partial charge in [-0.2, -0.15) is 0 Å². The molecule has 1 saturated carbocycles. The Bertz CT molecular complexity index is 459. The minimum Gasteiger partial charge on any atom is -0.450 e. The van der Waals surface area contributed by atoms with E-state index < -0.39 is 0 Å². The Morgan fingerprint density at radius 3 is 2.36 bits per heavy atom. The third-order valence-corrected chi connectivity index (χ3v) is 6.09. The summed E-state index contributed by atoms with van der Waals surface area (Å²) in [5.41, 5.74) is 0. The molecule has 6 nitrogen and oxygen atoms in total. The van der Waals surface area contributed by atoms with Crippen LogP contribution in [0.5, 0.6) is 0 Å². The monoisotopic (exact) mass is 351 g/mol. The van der Waals surface area contributed by atoms with E-state index in [0.717, 1.165) is 71.1 Å². The standard InChI is InChI=1S/C19H33N3O3/c1-2-25-19(24)22-11-4-7-17(10-14-22)21-12-8-15(9-13-21)18(23)20-16-5-3-6-16/h15-17H,2-14H2,1H3,(H,20,23). The summed E-state index contributed by atoms with van der Waals surface area (Å²) in [5, 5.41) is 3.21. The molecule has 2 heterocycles. The van der Waals surface area contributed by atoms with Gasteiger partial charge in [0, 0.05) is 31.1 Å². The number of hydrogen-bond donors (Lipinski definition) is 1. The predicted octanol–water partition coefficient (Wildman–Crippen LogP) is 2.38. The molecule has 1 unspecified atom stereocenters. The van der Waals surface area contributed by atoms with Crippen LogP contribution in [0.25, 0.3) is 0 Å². The first-order valence-electron chi connectivity index (χ1n) is 10.1. The van der Waals surface area contributed by atoms with E-state index in [0.29, 0.717) is 18.7 Å². The van der Waals surface area contributed by atoms with Crippen LogP contribution in [0.3, 0.4) is 0 Å². The van der Waals surface area contributed by atoms with Crippen LogP contribution in [0, 0.1) is 5.92 Å². The van der Waals surface area contributed by atoms with Crippen molar-refractivity contribution in [2.75, 3.05) is 32.8 Å². The van der Waals surface area contributed by atoms with Crippen molar-refractivity contribution in [3.05, 3.63) is 0 Å². The number of nitrogens with one attached hydrogen (secondary N) is 1. The number of amides is 2. The fraction of sp³-hybridized carbons (Fsp3) is 0.895. The van der Waals surface area contributed by atoms with Gasteiger partial charge < -0.3 is 19.9 Å². The Morgan fingerprint density at radius 2 is 1.72 bits per heavy atom. The van der Waals surface area contributed by atoms with Gasteiger partial charge in [-0.15, -0.1) is 0 Å². The summed E-state index contributed by atoms with van der Waals surface area (Å²) >= 11 is 0. The van der Waals surface area contributed by atoms with E-state index in [4.69, 9.17) is 4.74 Å². The number of ether oxygens (including phenoxy) is 1. The first kappa shape index (κ1) is 18.5. The Morgan fingerprint density at radius 1 is 0.960 bits per heavy atom. The van der Waals surface area contributed by atoms with Crippen LogP contribution < -0.4 is 5.32 Å². The number of likely N-dealkylation sites (tertiary alicyclic amines) is 2. The van der Waals surface area contributed by atoms with Gasteiger partial charge in [0.2, 0.25) is 5.91 Å². The minimum atomic E-state index is -0.172. The highest BCUT2D eigenvalue weighted by atomic mass is 16.6. The molecule has 0 aromatic heterocycles. The SMILES string of the molecule is CCOC(=O)N1CCCC(N2CCC(C(=O)NC3CCC3)CC2)CC1. The number of nitrogens with zero attached hydrogens (tertiary/aromatic N) is 2. The second kappa shape index (κ2) is 8.88.